The van der Waals surface area contributed by atoms with E-state index in [1.165, 1.54) is 5.39 Å². The summed E-state index contributed by atoms with van der Waals surface area (Å²) >= 11 is 49.0. The summed E-state index contributed by atoms with van der Waals surface area (Å²) < 4.78 is 0. The summed E-state index contributed by atoms with van der Waals surface area (Å²) in [5, 5.41) is 20.2. The largest absolute Gasteiger partial charge is 0.0836 e. The highest BCUT2D eigenvalue weighted by Crippen LogP contribution is 2.61. The highest BCUT2D eigenvalue weighted by molar-refractivity contribution is 6.65. The number of halogens is 7. The van der Waals surface area contributed by atoms with Crippen molar-refractivity contribution in [1.82, 2.24) is 0 Å². The molecule has 204 valence electrons. The number of rotatable bonds is 0. The normalized spacial score (nSPS) is 13.0. The third-order valence-electron chi connectivity index (χ3n) is 9.36. The smallest absolute Gasteiger partial charge is 0.0791 e. The highest BCUT2D eigenvalue weighted by atomic mass is 35.5. The molecule has 0 aliphatic rings. The molecule has 0 fully saturated rings. The summed E-state index contributed by atoms with van der Waals surface area (Å²) in [6, 6.07) is 23.2. The molecule has 0 aliphatic heterocycles. The van der Waals surface area contributed by atoms with E-state index < -0.39 is 0 Å². The predicted molar refractivity (Wildman–Crippen MR) is 193 cm³/mol. The Morgan fingerprint density at radius 2 is 0.651 bits per heavy atom. The highest BCUT2D eigenvalue weighted by Gasteiger charge is 2.32. The molecule has 0 heterocycles. The van der Waals surface area contributed by atoms with Crippen molar-refractivity contribution >= 4 is 178 Å². The second-order valence-electron chi connectivity index (χ2n) is 11.2. The first-order valence-electron chi connectivity index (χ1n) is 13.5. The molecule has 0 saturated heterocycles. The molecule has 0 amide bonds. The van der Waals surface area contributed by atoms with Crippen LogP contribution in [0.3, 0.4) is 0 Å². The molecular formula is C36H11Cl7. The second kappa shape index (κ2) is 8.33. The average molecular weight is 692 g/mol. The van der Waals surface area contributed by atoms with Crippen molar-refractivity contribution in [3.8, 4) is 0 Å². The summed E-state index contributed by atoms with van der Waals surface area (Å²) in [6.07, 6.45) is 0. The van der Waals surface area contributed by atoms with Gasteiger partial charge in [-0.05, 0) is 59.9 Å². The molecule has 43 heavy (non-hydrogen) atoms. The van der Waals surface area contributed by atoms with E-state index in [-0.39, 0.29) is 20.1 Å². The Bertz CT molecular complexity index is 2890. The lowest BCUT2D eigenvalue weighted by atomic mass is 9.97. The fraction of sp³-hybridized carbons (Fsp3) is 0. The Balaban J connectivity index is 1.76. The van der Waals surface area contributed by atoms with Gasteiger partial charge in [0.2, 0.25) is 0 Å². The van der Waals surface area contributed by atoms with Crippen molar-refractivity contribution in [2.75, 3.05) is 0 Å². The third kappa shape index (κ3) is 2.79. The fourth-order valence-corrected chi connectivity index (χ4v) is 9.79. The van der Waals surface area contributed by atoms with Gasteiger partial charge in [-0.15, -0.1) is 0 Å². The molecule has 0 bridgehead atoms. The van der Waals surface area contributed by atoms with Crippen LogP contribution in [0.2, 0.25) is 35.2 Å². The van der Waals surface area contributed by atoms with Crippen LogP contribution in [-0.4, -0.2) is 0 Å². The van der Waals surface area contributed by atoms with E-state index in [0.717, 1.165) is 86.2 Å². The van der Waals surface area contributed by atoms with Gasteiger partial charge in [-0.2, -0.15) is 0 Å². The van der Waals surface area contributed by atoms with E-state index >= 15 is 0 Å². The van der Waals surface area contributed by atoms with Crippen molar-refractivity contribution in [2.45, 2.75) is 0 Å². The number of hydrogen-bond donors (Lipinski definition) is 0. The van der Waals surface area contributed by atoms with E-state index in [4.69, 9.17) is 81.2 Å². The molecule has 0 aromatic heterocycles. The molecule has 0 unspecified atom stereocenters. The SMILES string of the molecule is Clc1c(Cl)c2c(Cl)c(Cl)c(Cl)c3c2c(c1Cl)c1c2c4cccc5cccc(c54)c2c2c4c(Cl)ccc5cccc(c54)c2c31. The van der Waals surface area contributed by atoms with Gasteiger partial charge >= 0.3 is 0 Å². The third-order valence-corrected chi connectivity index (χ3v) is 12.3. The van der Waals surface area contributed by atoms with E-state index in [0.29, 0.717) is 20.5 Å². The average Bonchev–Trinajstić information content (AvgIpc) is 3.65. The first kappa shape index (κ1) is 25.7. The van der Waals surface area contributed by atoms with Gasteiger partial charge in [0.25, 0.3) is 0 Å². The molecule has 10 aromatic rings. The van der Waals surface area contributed by atoms with Crippen LogP contribution in [0, 0.1) is 0 Å². The van der Waals surface area contributed by atoms with Crippen molar-refractivity contribution in [3.05, 3.63) is 102 Å². The molecule has 0 spiro atoms. The Hall–Kier alpha value is -2.65. The van der Waals surface area contributed by atoms with Crippen LogP contribution < -0.4 is 0 Å². The molecule has 10 aromatic carbocycles. The number of benzene rings is 7. The lowest BCUT2D eigenvalue weighted by Crippen LogP contribution is -1.84. The first-order chi connectivity index (χ1) is 20.8. The molecule has 0 atom stereocenters. The van der Waals surface area contributed by atoms with Crippen LogP contribution >= 0.6 is 81.2 Å². The predicted octanol–water partition coefficient (Wildman–Crippen LogP) is 15.0. The van der Waals surface area contributed by atoms with Gasteiger partial charge in [-0.3, -0.25) is 0 Å². The first-order valence-corrected chi connectivity index (χ1v) is 16.1. The zero-order valence-corrected chi connectivity index (χ0v) is 26.8. The Morgan fingerprint density at radius 3 is 1.19 bits per heavy atom. The summed E-state index contributed by atoms with van der Waals surface area (Å²) in [5.74, 6) is 0. The van der Waals surface area contributed by atoms with Crippen LogP contribution in [0.4, 0.5) is 0 Å². The van der Waals surface area contributed by atoms with Gasteiger partial charge in [0.1, 0.15) is 0 Å². The molecule has 0 saturated carbocycles. The minimum Gasteiger partial charge on any atom is -0.0836 e. The summed E-state index contributed by atoms with van der Waals surface area (Å²) in [5.41, 5.74) is 0. The summed E-state index contributed by atoms with van der Waals surface area (Å²) in [7, 11) is 0. The standard InChI is InChI=1S/C36H11Cl7/c37-17-11-10-13-6-3-9-16-19(13)23(17)24-20-14-7-1-4-12-5-2-8-15(18(12)14)21(20)25-26(22(16)24)29-27-28(25)31(38)35(42)33(40)30(27)34(41)36(43)32(29)39/h1-11H. The number of hydrogen-bond acceptors (Lipinski definition) is 0. The van der Waals surface area contributed by atoms with E-state index in [2.05, 4.69) is 60.7 Å². The second-order valence-corrected chi connectivity index (χ2v) is 13.8. The quantitative estimate of drug-likeness (QED) is 0.139. The van der Waals surface area contributed by atoms with Gasteiger partial charge in [0, 0.05) is 48.1 Å². The van der Waals surface area contributed by atoms with Crippen LogP contribution in [0.1, 0.15) is 0 Å². The van der Waals surface area contributed by atoms with Crippen LogP contribution in [-0.2, 0) is 0 Å². The van der Waals surface area contributed by atoms with Crippen molar-refractivity contribution < 1.29 is 0 Å². The lowest BCUT2D eigenvalue weighted by Gasteiger charge is -2.12. The van der Waals surface area contributed by atoms with Crippen LogP contribution in [0.25, 0.3) is 97.0 Å². The molecule has 7 heteroatoms. The minimum atomic E-state index is 0.219. The van der Waals surface area contributed by atoms with E-state index in [1.54, 1.807) is 0 Å². The van der Waals surface area contributed by atoms with Crippen LogP contribution in [0.15, 0.2) is 66.7 Å². The van der Waals surface area contributed by atoms with Gasteiger partial charge in [0.05, 0.1) is 30.1 Å². The Labute approximate surface area is 278 Å². The summed E-state index contributed by atoms with van der Waals surface area (Å²) in [6.45, 7) is 0. The minimum absolute atomic E-state index is 0.219. The lowest BCUT2D eigenvalue weighted by molar-refractivity contribution is 1.82. The summed E-state index contributed by atoms with van der Waals surface area (Å²) in [4.78, 5) is 0. The van der Waals surface area contributed by atoms with Gasteiger partial charge in [-0.1, -0.05) is 142 Å². The monoisotopic (exact) mass is 688 g/mol. The number of fused-ring (bicyclic) bond motifs is 12. The van der Waals surface area contributed by atoms with Crippen molar-refractivity contribution in [3.63, 3.8) is 0 Å². The molecule has 10 rings (SSSR count). The van der Waals surface area contributed by atoms with Gasteiger partial charge in [-0.25, -0.2) is 0 Å². The topological polar surface area (TPSA) is 0 Å². The molecular weight excluding hydrogens is 681 g/mol. The maximum absolute atomic E-state index is 7.19. The molecule has 0 aliphatic carbocycles. The van der Waals surface area contributed by atoms with Crippen molar-refractivity contribution in [2.24, 2.45) is 0 Å². The van der Waals surface area contributed by atoms with Crippen molar-refractivity contribution in [1.29, 1.82) is 0 Å². The van der Waals surface area contributed by atoms with Gasteiger partial charge < -0.3 is 0 Å². The maximum Gasteiger partial charge on any atom is 0.0791 e. The molecule has 0 N–H and O–H groups in total. The fourth-order valence-electron chi connectivity index (χ4n) is 7.88. The van der Waals surface area contributed by atoms with Gasteiger partial charge in [0.15, 0.2) is 0 Å². The zero-order valence-electron chi connectivity index (χ0n) is 21.5. The zero-order chi connectivity index (χ0) is 29.2. The maximum atomic E-state index is 7.19. The van der Waals surface area contributed by atoms with E-state index in [1.807, 2.05) is 6.07 Å². The Morgan fingerprint density at radius 1 is 0.256 bits per heavy atom. The molecule has 0 radical (unpaired) electrons. The van der Waals surface area contributed by atoms with Crippen LogP contribution in [0.5, 0.6) is 0 Å². The molecule has 0 nitrogen and oxygen atoms in total. The van der Waals surface area contributed by atoms with E-state index in [9.17, 15) is 0 Å². The Kier molecular flexibility index (Phi) is 4.97.